The highest BCUT2D eigenvalue weighted by Gasteiger charge is 2.51. The third-order valence-corrected chi connectivity index (χ3v) is 42.5. The van der Waals surface area contributed by atoms with E-state index in [0.29, 0.717) is 142 Å². The Morgan fingerprint density at radius 2 is 0.782 bits per heavy atom. The van der Waals surface area contributed by atoms with Crippen LogP contribution in [0, 0.1) is 74.0 Å². The van der Waals surface area contributed by atoms with Gasteiger partial charge in [0.15, 0.2) is 0 Å². The molecule has 6 aromatic carbocycles. The van der Waals surface area contributed by atoms with Gasteiger partial charge in [0.25, 0.3) is 17.7 Å². The lowest BCUT2D eigenvalue weighted by Gasteiger charge is -2.46. The number of ketones is 3. The van der Waals surface area contributed by atoms with Crippen LogP contribution in [0.5, 0.6) is 17.2 Å². The smallest absolute Gasteiger partial charge is 0.285 e. The highest BCUT2D eigenvalue weighted by molar-refractivity contribution is 7.95. The number of anilines is 3. The predicted molar refractivity (Wildman–Crippen MR) is 582 cm³/mol. The molecule has 786 valence electrons. The number of carbonyl (C=O) groups excluding carboxylic acids is 6. The molecule has 6 aliphatic heterocycles. The van der Waals surface area contributed by atoms with E-state index in [1.807, 2.05) is 49.5 Å². The second kappa shape index (κ2) is 45.1. The molecule has 3 spiro atoms. The molecule has 7 aromatic rings. The average molecular weight is 2060 g/mol. The quantitative estimate of drug-likeness (QED) is 0.0766. The Hall–Kier alpha value is -9.70. The molecule has 0 radical (unpaired) electrons. The van der Waals surface area contributed by atoms with Gasteiger partial charge < -0.3 is 43.1 Å². The summed E-state index contributed by atoms with van der Waals surface area (Å²) < 4.78 is 96.3. The standard InChI is InChI=1S/C41H50N4O5S.C41H54N2O5S.C39H50N2O5S/c1-27-10-14-34-28(20-27)8-7-17-41(34)25-45-23-30-11-13-31(30)38(49-3)9-5-4-6-19-51(48,24-37(46)33-22-32(33)35-16-18-42-44(35)2)43-40(47)29-12-15-39(50-26-41)36(45)21-29;1-29-13-19-36-31(23-29)11-8-21-41(36)27-43-25-33-15-18-35(33)38(47-2)12-4-3-7-22-49(46,26-34(44)17-14-30-9-5-6-10-30)42-40(45)32-16-20-39(48-28-41)37(43)24-32;1-27-9-17-34-29(21-27)7-6-19-39(34)25-41-23-31-13-16-33(31)36(45-2)8-4-3-5-20-47(44,24-32(42)15-12-28-10-11-28)40-38(43)30-14-18-37(46-26-39)35(41)22-30/h5,9-10,12,14-16,18,20-21,30-33,38H,4,6-8,11,13,17,19,22-26H2,1-3H3;4,12-13,16,19-20,23-24,30,33,35,38H,3,5-11,14-15,17-18,21-22,25-28H2,1-2H3;4,8-9,14,17-18,21-22,28,31,33,36H,3,5-7,10-13,15-16,19-20,23-26H2,1-2H3/b9-5+;12-4+;8-4+/t30-,31+,32+,33+,38-,41-,51+;33-,35+,38-,41-,49+;31-,33+,36-,39-,47+/m000/s1. The number of fused-ring (bicyclic) bond motifs is 12. The minimum Gasteiger partial charge on any atom is -0.490 e. The third-order valence-electron chi connectivity index (χ3n) is 36.0. The average Bonchev–Trinajstić information content (AvgIpc) is 1.68. The minimum absolute atomic E-state index is 0.00553. The van der Waals surface area contributed by atoms with Gasteiger partial charge in [-0.25, -0.2) is 12.6 Å². The zero-order chi connectivity index (χ0) is 102. The number of hydrogen-bond acceptors (Lipinski definition) is 19. The van der Waals surface area contributed by atoms with Crippen LogP contribution in [0.3, 0.4) is 0 Å². The van der Waals surface area contributed by atoms with Crippen molar-refractivity contribution in [1.82, 2.24) is 9.78 Å². The van der Waals surface area contributed by atoms with Crippen molar-refractivity contribution in [1.29, 1.82) is 0 Å². The Balaban J connectivity index is 0.000000134. The van der Waals surface area contributed by atoms with E-state index in [1.54, 1.807) is 50.4 Å². The van der Waals surface area contributed by atoms with Crippen molar-refractivity contribution < 1.29 is 69.8 Å². The lowest BCUT2D eigenvalue weighted by atomic mass is 9.68. The first kappa shape index (κ1) is 104. The molecule has 1 aromatic heterocycles. The number of methoxy groups -OCH3 is 3. The molecule has 6 saturated carbocycles. The van der Waals surface area contributed by atoms with Crippen LogP contribution in [-0.4, -0.2) is 191 Å². The second-order valence-electron chi connectivity index (χ2n) is 46.4. The number of Topliss-reactive ketones (excluding diaryl/α,β-unsaturated/α-hetero) is 3. The number of benzene rings is 6. The molecule has 0 unspecified atom stereocenters. The molecule has 26 heteroatoms. The maximum atomic E-state index is 14.5. The Labute approximate surface area is 872 Å². The number of amides is 3. The lowest BCUT2D eigenvalue weighted by Crippen LogP contribution is -2.49. The van der Waals surface area contributed by atoms with Gasteiger partial charge in [-0.2, -0.15) is 18.2 Å². The molecule has 0 N–H and O–H groups in total. The first-order valence-electron chi connectivity index (χ1n) is 55.4. The van der Waals surface area contributed by atoms with Crippen LogP contribution >= 0.6 is 0 Å². The SMILES string of the molecule is CO[C@H]1/C=C/CCC[S@@](=O)(CC(=O)CCC2CC2)=NC(=O)c2ccc3c(c2)N(C[C@@H]2CC[C@H]21)C[C@@]1(CCCc2cc(C)ccc21)CO3.CO[C@H]1/C=C/CCC[S@@](=O)(CC(=O)CCC2CCCC2)=NC(=O)c2ccc3c(c2)N(C[C@@H]2CC[C@H]21)C[C@@]1(CCCc2cc(C)ccc21)CO3.CO[C@H]1/C=C/CCC[S@@](=O)(CC(=O)[C@@H]2C[C@H]2c2ccnn2C)=NC(=O)c2ccc3c(c2)N(C[C@@H]2CC[C@H]21)C[C@@]1(CCCc2cc(C)ccc21)CO3. The normalized spacial score (nSPS) is 31.7. The molecule has 17 atom stereocenters. The number of rotatable bonds is 17. The molecule has 23 nitrogen and oxygen atoms in total. The fourth-order valence-electron chi connectivity index (χ4n) is 27.1. The van der Waals surface area contributed by atoms with E-state index in [2.05, 4.69) is 145 Å². The number of aryl methyl sites for hydroxylation is 7. The summed E-state index contributed by atoms with van der Waals surface area (Å²) in [6.45, 7) is 13.1. The van der Waals surface area contributed by atoms with E-state index < -0.39 is 46.9 Å². The molecule has 6 bridgehead atoms. The maximum absolute atomic E-state index is 14.5. The summed E-state index contributed by atoms with van der Waals surface area (Å²) in [6, 6.07) is 39.2. The Bertz CT molecular complexity index is 6600. The van der Waals surface area contributed by atoms with Gasteiger partial charge in [-0.05, 0) is 316 Å². The van der Waals surface area contributed by atoms with E-state index in [-0.39, 0.29) is 98.3 Å². The van der Waals surface area contributed by atoms with Gasteiger partial charge in [0.05, 0.1) is 102 Å². The zero-order valence-electron chi connectivity index (χ0n) is 87.7. The molecule has 9 aliphatic carbocycles. The van der Waals surface area contributed by atoms with Crippen LogP contribution < -0.4 is 28.9 Å². The summed E-state index contributed by atoms with van der Waals surface area (Å²) in [5, 5.41) is 4.26. The van der Waals surface area contributed by atoms with Crippen LogP contribution in [0.2, 0.25) is 0 Å². The predicted octanol–water partition coefficient (Wildman–Crippen LogP) is 21.8. The van der Waals surface area contributed by atoms with Crippen LogP contribution in [0.1, 0.15) is 279 Å². The molecule has 22 rings (SSSR count). The van der Waals surface area contributed by atoms with Crippen LogP contribution in [-0.2, 0) is 100 Å². The summed E-state index contributed by atoms with van der Waals surface area (Å²) in [6.07, 6.45) is 45.3. The molecule has 7 heterocycles. The molecular formula is C121H154N8O15S3. The second-order valence-corrected chi connectivity index (χ2v) is 53.6. The fraction of sp³-hybridized carbons (Fsp3) is 0.579. The third kappa shape index (κ3) is 23.7. The number of carbonyl (C=O) groups is 6. The topological polar surface area (TPSA) is 274 Å². The van der Waals surface area contributed by atoms with Gasteiger partial charge in [-0.1, -0.05) is 146 Å². The Morgan fingerprint density at radius 1 is 0.422 bits per heavy atom. The first-order valence-corrected chi connectivity index (χ1v) is 61.0. The Kier molecular flexibility index (Phi) is 32.0. The number of nitrogens with zero attached hydrogens (tertiary/aromatic N) is 8. The van der Waals surface area contributed by atoms with E-state index in [9.17, 15) is 41.4 Å². The maximum Gasteiger partial charge on any atom is 0.285 e. The van der Waals surface area contributed by atoms with Crippen LogP contribution in [0.4, 0.5) is 17.1 Å². The zero-order valence-corrected chi connectivity index (χ0v) is 90.1. The van der Waals surface area contributed by atoms with Gasteiger partial charge in [-0.3, -0.25) is 33.4 Å². The van der Waals surface area contributed by atoms with Crippen molar-refractivity contribution in [3.05, 3.63) is 230 Å². The van der Waals surface area contributed by atoms with Gasteiger partial charge >= 0.3 is 0 Å². The number of hydrogen-bond donors (Lipinski definition) is 0. The van der Waals surface area contributed by atoms with Crippen molar-refractivity contribution >= 4 is 81.3 Å². The van der Waals surface area contributed by atoms with Crippen molar-refractivity contribution in [3.63, 3.8) is 0 Å². The van der Waals surface area contributed by atoms with Crippen LogP contribution in [0.15, 0.2) is 171 Å². The summed E-state index contributed by atoms with van der Waals surface area (Å²) >= 11 is 0. The Morgan fingerprint density at radius 3 is 1.12 bits per heavy atom. The lowest BCUT2D eigenvalue weighted by molar-refractivity contribution is -0.118. The van der Waals surface area contributed by atoms with E-state index in [0.717, 1.165) is 188 Å². The van der Waals surface area contributed by atoms with Crippen LogP contribution in [0.25, 0.3) is 0 Å². The summed E-state index contributed by atoms with van der Waals surface area (Å²) in [7, 11) is -2.02. The molecule has 15 aliphatic rings. The van der Waals surface area contributed by atoms with Gasteiger partial charge in [0.1, 0.15) is 34.6 Å². The molecule has 3 amide bonds. The van der Waals surface area contributed by atoms with E-state index in [4.69, 9.17) is 28.4 Å². The van der Waals surface area contributed by atoms with Crippen molar-refractivity contribution in [2.45, 2.75) is 267 Å². The van der Waals surface area contributed by atoms with E-state index >= 15 is 0 Å². The number of ether oxygens (including phenoxy) is 6. The number of aromatic nitrogens is 2. The minimum atomic E-state index is -3.16. The summed E-state index contributed by atoms with van der Waals surface area (Å²) in [5.74, 6) is 4.29. The monoisotopic (exact) mass is 2060 g/mol. The summed E-state index contributed by atoms with van der Waals surface area (Å²) in [4.78, 5) is 88.8. The van der Waals surface area contributed by atoms with E-state index in [1.165, 1.54) is 88.6 Å². The van der Waals surface area contributed by atoms with Gasteiger partial charge in [-0.15, -0.1) is 0 Å². The summed E-state index contributed by atoms with van der Waals surface area (Å²) in [5.41, 5.74) is 16.6. The van der Waals surface area contributed by atoms with Crippen molar-refractivity contribution in [3.8, 4) is 17.2 Å². The van der Waals surface area contributed by atoms with Crippen molar-refractivity contribution in [2.75, 3.05) is 130 Å². The van der Waals surface area contributed by atoms with Crippen molar-refractivity contribution in [2.24, 2.45) is 73.4 Å². The molecule has 147 heavy (non-hydrogen) atoms. The first-order chi connectivity index (χ1) is 71.1. The highest BCUT2D eigenvalue weighted by atomic mass is 32.2. The largest absolute Gasteiger partial charge is 0.490 e. The van der Waals surface area contributed by atoms with Gasteiger partial charge in [0, 0.05) is 154 Å². The fourth-order valence-corrected chi connectivity index (χ4v) is 33.0. The highest BCUT2D eigenvalue weighted by Crippen LogP contribution is 2.54. The molecule has 0 saturated heterocycles. The molecular weight excluding hydrogens is 1900 g/mol. The molecule has 6 fully saturated rings. The number of allylic oxidation sites excluding steroid dienone is 3. The van der Waals surface area contributed by atoms with Gasteiger partial charge in [0.2, 0.25) is 0 Å².